The van der Waals surface area contributed by atoms with Gasteiger partial charge in [-0.15, -0.1) is 0 Å². The van der Waals surface area contributed by atoms with Gasteiger partial charge in [0.05, 0.1) is 58.7 Å². The van der Waals surface area contributed by atoms with E-state index in [0.29, 0.717) is 130 Å². The van der Waals surface area contributed by atoms with Gasteiger partial charge in [-0.2, -0.15) is 40.8 Å². The molecule has 20 rings (SSSR count). The van der Waals surface area contributed by atoms with Crippen LogP contribution >= 0.6 is 0 Å². The van der Waals surface area contributed by atoms with Crippen LogP contribution in [0, 0.1) is 29.1 Å². The molecule has 0 aliphatic carbocycles. The molecule has 0 saturated carbocycles. The van der Waals surface area contributed by atoms with Crippen LogP contribution in [0.15, 0.2) is 177 Å². The molecule has 0 unspecified atom stereocenters. The number of aromatic nitrogens is 18. The van der Waals surface area contributed by atoms with Crippen molar-refractivity contribution in [2.75, 3.05) is 114 Å². The van der Waals surface area contributed by atoms with Crippen molar-refractivity contribution in [1.82, 2.24) is 109 Å². The van der Waals surface area contributed by atoms with Crippen molar-refractivity contribution in [1.29, 1.82) is 0 Å². The predicted molar refractivity (Wildman–Crippen MR) is 491 cm³/mol. The highest BCUT2D eigenvalue weighted by Gasteiger charge is 2.28. The zero-order valence-corrected chi connectivity index (χ0v) is 73.7. The van der Waals surface area contributed by atoms with Gasteiger partial charge in [-0.25, -0.2) is 31.9 Å². The first-order valence-corrected chi connectivity index (χ1v) is 43.6. The van der Waals surface area contributed by atoms with E-state index in [1.165, 1.54) is 68.4 Å². The number of amides is 4. The third-order valence-corrected chi connectivity index (χ3v) is 23.4. The third-order valence-electron chi connectivity index (χ3n) is 23.4. The summed E-state index contributed by atoms with van der Waals surface area (Å²) in [6.45, 7) is 11.3. The second kappa shape index (κ2) is 40.5. The number of halogens is 5. The molecule has 0 spiro atoms. The Morgan fingerprint density at radius 3 is 1.13 bits per heavy atom. The van der Waals surface area contributed by atoms with Crippen LogP contribution in [0.5, 0.6) is 23.3 Å². The fraction of sp³-hybridized carbons (Fsp3) is 0.298. The Morgan fingerprint density at radius 2 is 0.744 bits per heavy atom. The summed E-state index contributed by atoms with van der Waals surface area (Å²) in [6, 6.07) is 30.8. The van der Waals surface area contributed by atoms with Gasteiger partial charge in [-0.1, -0.05) is 6.07 Å². The van der Waals surface area contributed by atoms with Crippen LogP contribution in [0.4, 0.5) is 44.7 Å². The first-order chi connectivity index (χ1) is 64.5. The van der Waals surface area contributed by atoms with E-state index in [2.05, 4.69) is 119 Å². The summed E-state index contributed by atoms with van der Waals surface area (Å²) in [4.78, 5) is 69.3. The molecule has 4 aliphatic rings. The van der Waals surface area contributed by atoms with Crippen LogP contribution in [0.3, 0.4) is 0 Å². The van der Waals surface area contributed by atoms with Crippen LogP contribution in [0.2, 0.25) is 0 Å². The average Bonchev–Trinajstić information content (AvgIpc) is 1.65. The third kappa shape index (κ3) is 21.8. The van der Waals surface area contributed by atoms with Gasteiger partial charge >= 0.3 is 0 Å². The van der Waals surface area contributed by atoms with Crippen molar-refractivity contribution in [3.8, 4) is 67.8 Å². The fourth-order valence-corrected chi connectivity index (χ4v) is 16.3. The van der Waals surface area contributed by atoms with E-state index in [9.17, 15) is 41.1 Å². The number of pyridine rings is 2. The maximum atomic E-state index is 14.6. The minimum absolute atomic E-state index is 0.0483. The SMILES string of the molecule is CN1CCC(Oc2cc(NC(=O)c3n[nH]c4cc(F)c(-c5cnn(C)c5)cc34)ccn2)CC1.CN1CCC(Oc2ncc(NC(=O)c3n[nH]c4cc(F)c(-c5cnn(C)c5)cc34)cc2F)CC1.Cn1cc(-c2cc3c(C(=O)Nc4ccc(OCCN5CCCC5)cc4)n[nH]c3cc2F)cn1.Cn1cc(-c2cc3c(C(=O)Nc4cccc(OCCN5CCCC5)c4)n[nH]c3cc2F)cn1. The van der Waals surface area contributed by atoms with Crippen molar-refractivity contribution < 1.29 is 60.1 Å². The summed E-state index contributed by atoms with van der Waals surface area (Å²) >= 11 is 0. The van der Waals surface area contributed by atoms with E-state index in [1.807, 2.05) is 31.3 Å². The van der Waals surface area contributed by atoms with E-state index in [4.69, 9.17) is 18.9 Å². The Morgan fingerprint density at radius 1 is 0.376 bits per heavy atom. The van der Waals surface area contributed by atoms with Gasteiger partial charge in [0.1, 0.15) is 60.2 Å². The quantitative estimate of drug-likeness (QED) is 0.0260. The molecule has 4 fully saturated rings. The maximum Gasteiger partial charge on any atom is 0.276 e. The lowest BCUT2D eigenvalue weighted by atomic mass is 10.0. The lowest BCUT2D eigenvalue weighted by molar-refractivity contribution is 0.101. The molecule has 0 bridgehead atoms. The van der Waals surface area contributed by atoms with Gasteiger partial charge in [0.25, 0.3) is 29.5 Å². The summed E-state index contributed by atoms with van der Waals surface area (Å²) in [7, 11) is 11.1. The number of hydrogen-bond donors (Lipinski definition) is 8. The van der Waals surface area contributed by atoms with Crippen molar-refractivity contribution in [2.45, 2.75) is 63.6 Å². The molecule has 8 N–H and O–H groups in total. The summed E-state index contributed by atoms with van der Waals surface area (Å²) in [5.74, 6) is -2.31. The predicted octanol–water partition coefficient (Wildman–Crippen LogP) is 14.2. The number of aromatic amines is 4. The smallest absolute Gasteiger partial charge is 0.276 e. The molecule has 6 aromatic carbocycles. The molecule has 39 heteroatoms. The Kier molecular flexibility index (Phi) is 27.4. The zero-order chi connectivity index (χ0) is 92.3. The highest BCUT2D eigenvalue weighted by Crippen LogP contribution is 2.36. The Bertz CT molecular complexity index is 6850. The van der Waals surface area contributed by atoms with Crippen molar-refractivity contribution in [2.24, 2.45) is 28.2 Å². The maximum absolute atomic E-state index is 14.6. The summed E-state index contributed by atoms with van der Waals surface area (Å²) in [5, 5.41) is 56.8. The minimum Gasteiger partial charge on any atom is -0.492 e. The molecular formula is C94H97F5N26O8. The number of hydrogen-bond acceptors (Lipinski definition) is 22. The van der Waals surface area contributed by atoms with E-state index in [-0.39, 0.29) is 58.4 Å². The van der Waals surface area contributed by atoms with Crippen molar-refractivity contribution in [3.05, 3.63) is 229 Å². The standard InChI is InChI=1S/2C24H25FN6O2.C23H23F2N7O2.C23H24FN7O2/c1-30-15-16(14-26-30)19-12-20-22(13-21(19)25)28-29-23(20)24(32)27-17-4-6-18(7-5-17)33-11-10-31-8-2-3-9-31;1-30-15-16(14-26-30)19-12-20-22(13-21(19)25)28-29-23(20)24(32)27-17-5-4-6-18(11-17)33-10-9-31-7-2-3-8-31;1-31-5-3-15(4-6-31)34-23-19(25)7-14(11-26-23)28-22(33)21-17-8-16(13-10-27-32(2)12-13)18(24)9-20(17)29-30-21;1-30-7-4-16(5-8-30)33-21-9-15(3-6-25-21)27-23(32)22-18-10-17(14-12-26-31(2)13-14)19(24)11-20(18)28-29-22/h4-7,12-15H,2-3,8-11H2,1H3,(H,27,32)(H,28,29);4-6,11-15H,2-3,7-10H2,1H3,(H,27,32)(H,28,29);7-12,15H,3-6H2,1-2H3,(H,28,33)(H,29,30);3,6,9-13,16H,4-5,7-8H2,1-2H3,(H,28,29)(H,25,27,32). The number of rotatable bonds is 24. The highest BCUT2D eigenvalue weighted by molar-refractivity contribution is 6.15. The molecule has 4 amide bonds. The summed E-state index contributed by atoms with van der Waals surface area (Å²) < 4.78 is 103. The number of piperidine rings is 2. The number of ether oxygens (including phenoxy) is 4. The van der Waals surface area contributed by atoms with E-state index >= 15 is 0 Å². The topological polar surface area (TPSA) is 378 Å². The number of aryl methyl sites for hydroxylation is 4. The Hall–Kier alpha value is -15.1. The van der Waals surface area contributed by atoms with E-state index in [0.717, 1.165) is 103 Å². The van der Waals surface area contributed by atoms with Crippen LogP contribution in [-0.2, 0) is 28.2 Å². The molecular weight excluding hydrogens is 1720 g/mol. The van der Waals surface area contributed by atoms with Crippen LogP contribution in [0.1, 0.15) is 93.3 Å². The van der Waals surface area contributed by atoms with Gasteiger partial charge in [0, 0.05) is 224 Å². The fourth-order valence-electron chi connectivity index (χ4n) is 16.3. The van der Waals surface area contributed by atoms with Gasteiger partial charge in [0.15, 0.2) is 28.6 Å². The largest absolute Gasteiger partial charge is 0.492 e. The normalized spacial score (nSPS) is 14.6. The van der Waals surface area contributed by atoms with E-state index < -0.39 is 40.9 Å². The van der Waals surface area contributed by atoms with Gasteiger partial charge in [0.2, 0.25) is 5.88 Å². The molecule has 4 saturated heterocycles. The molecule has 10 aromatic heterocycles. The number of anilines is 4. The van der Waals surface area contributed by atoms with Crippen molar-refractivity contribution in [3.63, 3.8) is 0 Å². The second-order valence-corrected chi connectivity index (χ2v) is 33.2. The van der Waals surface area contributed by atoms with E-state index in [1.54, 1.807) is 151 Å². The summed E-state index contributed by atoms with van der Waals surface area (Å²) in [6.07, 6.45) is 24.5. The molecule has 34 nitrogen and oxygen atoms in total. The number of benzene rings is 6. The van der Waals surface area contributed by atoms with Crippen LogP contribution in [-0.4, -0.2) is 238 Å². The van der Waals surface area contributed by atoms with Gasteiger partial charge in [-0.3, -0.25) is 68.1 Å². The minimum atomic E-state index is -0.662. The average molecular weight is 1810 g/mol. The number of fused-ring (bicyclic) bond motifs is 4. The Labute approximate surface area is 758 Å². The Balaban J connectivity index is 0.000000124. The van der Waals surface area contributed by atoms with Crippen molar-refractivity contribution >= 4 is 90.0 Å². The van der Waals surface area contributed by atoms with Crippen LogP contribution < -0.4 is 40.2 Å². The molecule has 0 atom stereocenters. The number of nitrogens with one attached hydrogen (secondary N) is 8. The van der Waals surface area contributed by atoms with Gasteiger partial charge < -0.3 is 50.0 Å². The number of carbonyl (C=O) groups is 4. The lowest BCUT2D eigenvalue weighted by Crippen LogP contribution is -2.35. The molecule has 0 radical (unpaired) electrons. The number of carbonyl (C=O) groups excluding carboxylic acids is 4. The highest BCUT2D eigenvalue weighted by atomic mass is 19.1. The lowest BCUT2D eigenvalue weighted by Gasteiger charge is -2.28. The second-order valence-electron chi connectivity index (χ2n) is 33.2. The first-order valence-electron chi connectivity index (χ1n) is 43.6. The zero-order valence-electron chi connectivity index (χ0n) is 73.7. The molecule has 4 aliphatic heterocycles. The molecule has 14 heterocycles. The van der Waals surface area contributed by atoms with Gasteiger partial charge in [-0.05, 0) is 158 Å². The van der Waals surface area contributed by atoms with Crippen LogP contribution in [0.25, 0.3) is 88.1 Å². The number of likely N-dealkylation sites (tertiary alicyclic amines) is 4. The molecule has 133 heavy (non-hydrogen) atoms. The number of H-pyrrole nitrogens is 4. The molecule has 16 aromatic rings. The molecule has 686 valence electrons. The summed E-state index contributed by atoms with van der Waals surface area (Å²) in [5.41, 5.74) is 8.04. The first kappa shape index (κ1) is 89.9. The monoisotopic (exact) mass is 1810 g/mol. The number of nitrogens with zero attached hydrogens (tertiary/aromatic N) is 18.